The van der Waals surface area contributed by atoms with E-state index in [9.17, 15) is 14.7 Å². The molecule has 0 bridgehead atoms. The molecule has 6 nitrogen and oxygen atoms in total. The molecule has 4 N–H and O–H groups in total. The summed E-state index contributed by atoms with van der Waals surface area (Å²) in [6.07, 6.45) is 1.44. The number of nitrogens with one attached hydrogen (secondary N) is 1. The van der Waals surface area contributed by atoms with E-state index in [-0.39, 0.29) is 18.5 Å². The van der Waals surface area contributed by atoms with Gasteiger partial charge in [-0.2, -0.15) is 4.48 Å². The first kappa shape index (κ1) is 23.4. The molecule has 1 aromatic rings. The maximum Gasteiger partial charge on any atom is 0.424 e. The predicted molar refractivity (Wildman–Crippen MR) is 114 cm³/mol. The summed E-state index contributed by atoms with van der Waals surface area (Å²) >= 11 is 6.08. The quantitative estimate of drug-likeness (QED) is 0.515. The van der Waals surface area contributed by atoms with Gasteiger partial charge in [-0.1, -0.05) is 43.4 Å². The summed E-state index contributed by atoms with van der Waals surface area (Å²) in [5.41, 5.74) is 5.55. The summed E-state index contributed by atoms with van der Waals surface area (Å²) in [6, 6.07) is 4.65. The Balaban J connectivity index is 2.31. The van der Waals surface area contributed by atoms with Crippen LogP contribution in [0, 0.1) is 17.8 Å². The lowest BCUT2D eigenvalue weighted by molar-refractivity contribution is -0.788. The molecule has 158 valence electrons. The molecule has 1 saturated heterocycles. The van der Waals surface area contributed by atoms with Crippen LogP contribution < -0.4 is 11.1 Å². The topological polar surface area (TPSA) is 92.4 Å². The second-order valence-corrected chi connectivity index (χ2v) is 8.60. The lowest BCUT2D eigenvalue weighted by Crippen LogP contribution is -2.67. The highest BCUT2D eigenvalue weighted by molar-refractivity contribution is 6.30. The average Bonchev–Trinajstić information content (AvgIpc) is 3.06. The molecule has 0 spiro atoms. The van der Waals surface area contributed by atoms with Gasteiger partial charge >= 0.3 is 11.9 Å². The van der Waals surface area contributed by atoms with E-state index >= 15 is 0 Å². The molecule has 29 heavy (non-hydrogen) atoms. The van der Waals surface area contributed by atoms with Gasteiger partial charge in [0.05, 0.1) is 6.54 Å². The number of benzene rings is 1. The third-order valence-electron chi connectivity index (χ3n) is 5.45. The molecular weight excluding hydrogens is 390 g/mol. The van der Waals surface area contributed by atoms with Crippen LogP contribution in [0.3, 0.4) is 0 Å². The Kier molecular flexibility index (Phi) is 7.47. The van der Waals surface area contributed by atoms with Crippen LogP contribution in [0.5, 0.6) is 0 Å². The maximum atomic E-state index is 13.4. The summed E-state index contributed by atoms with van der Waals surface area (Å²) in [4.78, 5) is 26.6. The number of hydrogen-bond donors (Lipinski definition) is 3. The van der Waals surface area contributed by atoms with Gasteiger partial charge < -0.3 is 16.2 Å². The number of amides is 3. The molecule has 3 amide bonds. The number of carbonyl (C=O) groups is 2. The fourth-order valence-electron chi connectivity index (χ4n) is 3.77. The number of nitrogens with zero attached hydrogens (tertiary/aromatic N) is 1. The third-order valence-corrected chi connectivity index (χ3v) is 5.68. The van der Waals surface area contributed by atoms with Gasteiger partial charge in [-0.15, -0.1) is 0 Å². The Labute approximate surface area is 178 Å². The molecule has 1 aliphatic rings. The van der Waals surface area contributed by atoms with Crippen molar-refractivity contribution in [3.05, 3.63) is 34.3 Å². The van der Waals surface area contributed by atoms with Crippen molar-refractivity contribution in [1.82, 2.24) is 5.32 Å². The molecule has 2 rings (SSSR count). The van der Waals surface area contributed by atoms with Crippen LogP contribution in [0.1, 0.15) is 51.7 Å². The van der Waals surface area contributed by atoms with Crippen LogP contribution in [-0.4, -0.2) is 39.7 Å². The zero-order valence-corrected chi connectivity index (χ0v) is 18.3. The van der Waals surface area contributed by atoms with Crippen molar-refractivity contribution < 1.29 is 19.2 Å². The predicted octanol–water partition coefficient (Wildman–Crippen LogP) is 2.94. The second kappa shape index (κ2) is 9.27. The average molecular weight is 421 g/mol. The largest absolute Gasteiger partial charge is 0.424 e. The Morgan fingerprint density at radius 3 is 2.66 bits per heavy atom. The molecule has 0 radical (unpaired) electrons. The summed E-state index contributed by atoms with van der Waals surface area (Å²) in [7, 11) is 0. The molecule has 0 aliphatic carbocycles. The van der Waals surface area contributed by atoms with Gasteiger partial charge in [0.25, 0.3) is 0 Å². The Morgan fingerprint density at radius 1 is 1.41 bits per heavy atom. The minimum atomic E-state index is -1.90. The van der Waals surface area contributed by atoms with E-state index in [1.165, 1.54) is 6.92 Å². The van der Waals surface area contributed by atoms with Gasteiger partial charge in [0.1, 0.15) is 6.04 Å². The van der Waals surface area contributed by atoms with E-state index in [0.717, 1.165) is 24.0 Å². The van der Waals surface area contributed by atoms with Crippen LogP contribution >= 0.6 is 11.6 Å². The normalized spacial score (nSPS) is 23.2. The van der Waals surface area contributed by atoms with Crippen LogP contribution in [-0.2, 0) is 17.9 Å². The number of quaternary nitrogens is 1. The second-order valence-electron chi connectivity index (χ2n) is 8.16. The maximum absolute atomic E-state index is 13.4. The van der Waals surface area contributed by atoms with Crippen LogP contribution in [0.2, 0.25) is 5.02 Å². The lowest BCUT2D eigenvalue weighted by Gasteiger charge is -2.36. The molecule has 0 aromatic heterocycles. The molecule has 7 heteroatoms. The molecule has 3 atom stereocenters. The number of rotatable bonds is 4. The zero-order valence-electron chi connectivity index (χ0n) is 17.6. The van der Waals surface area contributed by atoms with Gasteiger partial charge in [-0.3, -0.25) is 0 Å². The van der Waals surface area contributed by atoms with Crippen molar-refractivity contribution in [3.63, 3.8) is 0 Å². The van der Waals surface area contributed by atoms with E-state index in [0.29, 0.717) is 18.1 Å². The van der Waals surface area contributed by atoms with E-state index < -0.39 is 22.0 Å². The van der Waals surface area contributed by atoms with Gasteiger partial charge in [0.15, 0.2) is 0 Å². The Hall–Kier alpha value is -1.91. The van der Waals surface area contributed by atoms with Crippen molar-refractivity contribution in [2.24, 2.45) is 11.7 Å². The molecule has 1 fully saturated rings. The Morgan fingerprint density at radius 2 is 2.10 bits per heavy atom. The summed E-state index contributed by atoms with van der Waals surface area (Å²) in [6.45, 7) is 7.84. The number of hydrogen-bond acceptors (Lipinski definition) is 4. The van der Waals surface area contributed by atoms with Gasteiger partial charge in [0.2, 0.25) is 5.60 Å². The summed E-state index contributed by atoms with van der Waals surface area (Å²) in [5.74, 6) is 4.93. The number of nitrogens with two attached hydrogens (primary N) is 1. The molecule has 1 heterocycles. The summed E-state index contributed by atoms with van der Waals surface area (Å²) in [5, 5.41) is 14.2. The molecule has 0 saturated carbocycles. The Bertz CT molecular complexity index is 841. The summed E-state index contributed by atoms with van der Waals surface area (Å²) < 4.78 is -0.460. The van der Waals surface area contributed by atoms with Crippen molar-refractivity contribution in [2.75, 3.05) is 6.54 Å². The highest BCUT2D eigenvalue weighted by atomic mass is 35.5. The highest BCUT2D eigenvalue weighted by Gasteiger charge is 2.58. The fraction of sp³-hybridized carbons (Fsp3) is 0.545. The smallest absolute Gasteiger partial charge is 0.366 e. The first-order chi connectivity index (χ1) is 13.5. The van der Waals surface area contributed by atoms with Crippen molar-refractivity contribution in [2.45, 2.75) is 65.3 Å². The lowest BCUT2D eigenvalue weighted by atomic mass is 10.0. The molecule has 1 aliphatic heterocycles. The van der Waals surface area contributed by atoms with Gasteiger partial charge in [-0.05, 0) is 37.1 Å². The number of carbonyl (C=O) groups excluding carboxylic acids is 2. The van der Waals surface area contributed by atoms with Crippen LogP contribution in [0.15, 0.2) is 18.2 Å². The molecular formula is C22H31ClN3O3+. The number of urea groups is 1. The SMILES string of the molecule is CC(C)C#CC(C)(O)C(=O)[N+]1(C(=O)NCc2cc(Cl)ccc2CN)CCC[C@H]1C. The van der Waals surface area contributed by atoms with E-state index in [4.69, 9.17) is 17.3 Å². The minimum absolute atomic E-state index is 0.00469. The monoisotopic (exact) mass is 420 g/mol. The minimum Gasteiger partial charge on any atom is -0.366 e. The van der Waals surface area contributed by atoms with E-state index in [1.54, 1.807) is 12.1 Å². The van der Waals surface area contributed by atoms with Crippen molar-refractivity contribution >= 4 is 23.5 Å². The molecule has 1 aromatic carbocycles. The highest BCUT2D eigenvalue weighted by Crippen LogP contribution is 2.31. The van der Waals surface area contributed by atoms with Crippen LogP contribution in [0.25, 0.3) is 0 Å². The van der Waals surface area contributed by atoms with E-state index in [2.05, 4.69) is 17.2 Å². The third kappa shape index (κ3) is 4.99. The van der Waals surface area contributed by atoms with Gasteiger partial charge in [-0.25, -0.2) is 9.59 Å². The van der Waals surface area contributed by atoms with Crippen molar-refractivity contribution in [3.8, 4) is 11.8 Å². The standard InChI is InChI=1S/C22H30ClN3O3/c1-15(2)9-10-22(4,29)20(27)26(11-5-6-16(26)3)21(28)25-14-18-12-19(23)8-7-17(18)13-24/h7-8,12,15-16,29H,5-6,11,13-14,24H2,1-4H3/p+1/t16-,22?,26?/m1/s1. The van der Waals surface area contributed by atoms with E-state index in [1.807, 2.05) is 26.8 Å². The first-order valence-corrected chi connectivity index (χ1v) is 10.4. The number of imide groups is 1. The fourth-order valence-corrected chi connectivity index (χ4v) is 3.96. The van der Waals surface area contributed by atoms with Crippen LogP contribution in [0.4, 0.5) is 4.79 Å². The molecule has 2 unspecified atom stereocenters. The van der Waals surface area contributed by atoms with Crippen molar-refractivity contribution in [1.29, 1.82) is 0 Å². The van der Waals surface area contributed by atoms with Gasteiger partial charge in [0, 0.05) is 36.9 Å². The number of aliphatic hydroxyl groups is 1. The number of halogens is 1. The zero-order chi connectivity index (χ0) is 21.8. The first-order valence-electron chi connectivity index (χ1n) is 9.98. The number of likely N-dealkylation sites (tertiary alicyclic amines) is 1.